The van der Waals surface area contributed by atoms with Gasteiger partial charge in [0.1, 0.15) is 0 Å². The van der Waals surface area contributed by atoms with Gasteiger partial charge < -0.3 is 14.8 Å². The number of para-hydroxylation sites is 1. The number of fused-ring (bicyclic) bond motifs is 1. The van der Waals surface area contributed by atoms with E-state index < -0.39 is 5.92 Å². The molecule has 0 aliphatic carbocycles. The van der Waals surface area contributed by atoms with E-state index in [-0.39, 0.29) is 18.1 Å². The van der Waals surface area contributed by atoms with E-state index in [1.165, 1.54) is 7.11 Å². The first-order valence-electron chi connectivity index (χ1n) is 9.77. The first kappa shape index (κ1) is 19.4. The molecular formula is C22H25N3O4. The molecule has 152 valence electrons. The van der Waals surface area contributed by atoms with Crippen molar-refractivity contribution in [3.05, 3.63) is 53.6 Å². The zero-order chi connectivity index (χ0) is 20.4. The number of amides is 1. The van der Waals surface area contributed by atoms with Crippen molar-refractivity contribution in [2.24, 2.45) is 0 Å². The maximum Gasteiger partial charge on any atom is 0.242 e. The van der Waals surface area contributed by atoms with Crippen LogP contribution >= 0.6 is 0 Å². The van der Waals surface area contributed by atoms with Crippen molar-refractivity contribution in [3.63, 3.8) is 0 Å². The Bertz CT molecular complexity index is 924. The molecule has 0 aromatic heterocycles. The number of carbonyl (C=O) groups is 2. The fourth-order valence-corrected chi connectivity index (χ4v) is 4.07. The number of hydrogen-bond donors (Lipinski definition) is 1. The summed E-state index contributed by atoms with van der Waals surface area (Å²) in [7, 11) is 3.09. The molecule has 2 aliphatic rings. The fraction of sp³-hybridized carbons (Fsp3) is 0.364. The first-order chi connectivity index (χ1) is 14.1. The van der Waals surface area contributed by atoms with Crippen LogP contribution in [0.15, 0.2) is 42.5 Å². The Kier molecular flexibility index (Phi) is 5.51. The van der Waals surface area contributed by atoms with Gasteiger partial charge in [0.05, 0.1) is 25.8 Å². The van der Waals surface area contributed by atoms with E-state index in [4.69, 9.17) is 9.47 Å². The second-order valence-electron chi connectivity index (χ2n) is 7.16. The Hall–Kier alpha value is -2.90. The molecule has 1 fully saturated rings. The van der Waals surface area contributed by atoms with Crippen molar-refractivity contribution < 1.29 is 19.1 Å². The van der Waals surface area contributed by atoms with Gasteiger partial charge in [0.25, 0.3) is 0 Å². The van der Waals surface area contributed by atoms with Gasteiger partial charge in [0.2, 0.25) is 5.91 Å². The molecule has 0 saturated carbocycles. The summed E-state index contributed by atoms with van der Waals surface area (Å²) in [5.74, 6) is 0.400. The van der Waals surface area contributed by atoms with Gasteiger partial charge in [-0.25, -0.2) is 10.0 Å². The minimum absolute atomic E-state index is 0.0515. The van der Waals surface area contributed by atoms with Crippen LogP contribution < -0.4 is 19.8 Å². The number of ketones is 1. The molecule has 2 aromatic carbocycles. The van der Waals surface area contributed by atoms with Crippen molar-refractivity contribution in [1.29, 1.82) is 0 Å². The Morgan fingerprint density at radius 3 is 2.48 bits per heavy atom. The monoisotopic (exact) mass is 395 g/mol. The maximum atomic E-state index is 13.4. The van der Waals surface area contributed by atoms with Crippen LogP contribution in [0.4, 0.5) is 5.69 Å². The smallest absolute Gasteiger partial charge is 0.242 e. The molecule has 4 rings (SSSR count). The fourth-order valence-electron chi connectivity index (χ4n) is 4.07. The average molecular weight is 395 g/mol. The van der Waals surface area contributed by atoms with Gasteiger partial charge in [-0.05, 0) is 29.8 Å². The molecule has 1 amide bonds. The summed E-state index contributed by atoms with van der Waals surface area (Å²) in [6.45, 7) is 3.18. The third-order valence-electron chi connectivity index (χ3n) is 5.52. The lowest BCUT2D eigenvalue weighted by molar-refractivity contribution is -0.122. The molecule has 2 heterocycles. The standard InChI is InChI=1S/C22H25N3O4/c1-28-19-8-7-15(13-20(19)29-2)22(27)17-14-21(26)25(24-11-9-23-10-12-24)18-6-4-3-5-16(17)18/h3-8,13,17,23H,9-12,14H2,1-2H3. The topological polar surface area (TPSA) is 71.1 Å². The van der Waals surface area contributed by atoms with Crippen molar-refractivity contribution in [2.75, 3.05) is 45.4 Å². The highest BCUT2D eigenvalue weighted by Crippen LogP contribution is 2.39. The van der Waals surface area contributed by atoms with Crippen LogP contribution in [0.25, 0.3) is 0 Å². The lowest BCUT2D eigenvalue weighted by atomic mass is 9.84. The molecule has 0 bridgehead atoms. The third-order valence-corrected chi connectivity index (χ3v) is 5.52. The highest BCUT2D eigenvalue weighted by Gasteiger charge is 2.38. The van der Waals surface area contributed by atoms with Crippen LogP contribution in [0.2, 0.25) is 0 Å². The molecule has 7 heteroatoms. The second-order valence-corrected chi connectivity index (χ2v) is 7.16. The number of rotatable bonds is 5. The molecule has 0 spiro atoms. The molecular weight excluding hydrogens is 370 g/mol. The number of methoxy groups -OCH3 is 2. The van der Waals surface area contributed by atoms with E-state index >= 15 is 0 Å². The van der Waals surface area contributed by atoms with E-state index in [9.17, 15) is 9.59 Å². The highest BCUT2D eigenvalue weighted by molar-refractivity contribution is 6.08. The first-order valence-corrected chi connectivity index (χ1v) is 9.77. The minimum Gasteiger partial charge on any atom is -0.493 e. The van der Waals surface area contributed by atoms with Crippen molar-refractivity contribution in [2.45, 2.75) is 12.3 Å². The van der Waals surface area contributed by atoms with E-state index in [1.807, 2.05) is 24.3 Å². The molecule has 1 unspecified atom stereocenters. The summed E-state index contributed by atoms with van der Waals surface area (Å²) >= 11 is 0. The van der Waals surface area contributed by atoms with E-state index in [2.05, 4.69) is 10.3 Å². The number of nitrogens with zero attached hydrogens (tertiary/aromatic N) is 2. The van der Waals surface area contributed by atoms with E-state index in [1.54, 1.807) is 30.3 Å². The van der Waals surface area contributed by atoms with Crippen molar-refractivity contribution in [1.82, 2.24) is 10.3 Å². The third kappa shape index (κ3) is 3.59. The Balaban J connectivity index is 1.69. The largest absolute Gasteiger partial charge is 0.493 e. The Morgan fingerprint density at radius 2 is 1.76 bits per heavy atom. The Morgan fingerprint density at radius 1 is 1.03 bits per heavy atom. The normalized spacial score (nSPS) is 19.6. The number of piperazine rings is 1. The van der Waals surface area contributed by atoms with Gasteiger partial charge in [0, 0.05) is 38.2 Å². The van der Waals surface area contributed by atoms with Gasteiger partial charge >= 0.3 is 0 Å². The van der Waals surface area contributed by atoms with Gasteiger partial charge in [-0.2, -0.15) is 0 Å². The quantitative estimate of drug-likeness (QED) is 0.783. The second kappa shape index (κ2) is 8.23. The summed E-state index contributed by atoms with van der Waals surface area (Å²) in [4.78, 5) is 26.5. The summed E-state index contributed by atoms with van der Waals surface area (Å²) in [5.41, 5.74) is 2.18. The number of carbonyl (C=O) groups excluding carboxylic acids is 2. The maximum absolute atomic E-state index is 13.4. The number of Topliss-reactive ketones (excluding diaryl/α,β-unsaturated/α-hetero) is 1. The molecule has 2 aliphatic heterocycles. The number of anilines is 1. The zero-order valence-corrected chi connectivity index (χ0v) is 16.7. The Labute approximate surface area is 170 Å². The SMILES string of the molecule is COc1ccc(C(=O)C2CC(=O)N(N3CCNCC3)c3ccccc32)cc1OC. The van der Waals surface area contributed by atoms with Crippen LogP contribution in [0.3, 0.4) is 0 Å². The van der Waals surface area contributed by atoms with E-state index in [0.29, 0.717) is 17.1 Å². The molecule has 29 heavy (non-hydrogen) atoms. The summed E-state index contributed by atoms with van der Waals surface area (Å²) in [5, 5.41) is 7.13. The van der Waals surface area contributed by atoms with Gasteiger partial charge in [0.15, 0.2) is 17.3 Å². The average Bonchev–Trinajstić information content (AvgIpc) is 2.78. The molecule has 2 aromatic rings. The summed E-state index contributed by atoms with van der Waals surface area (Å²) in [6.07, 6.45) is 0.147. The number of benzene rings is 2. The van der Waals surface area contributed by atoms with Crippen LogP contribution in [0, 0.1) is 0 Å². The number of ether oxygens (including phenoxy) is 2. The van der Waals surface area contributed by atoms with Gasteiger partial charge in [-0.15, -0.1) is 0 Å². The molecule has 1 N–H and O–H groups in total. The van der Waals surface area contributed by atoms with Crippen LogP contribution in [-0.4, -0.2) is 57.1 Å². The van der Waals surface area contributed by atoms with Crippen LogP contribution in [0.5, 0.6) is 11.5 Å². The predicted octanol–water partition coefficient (Wildman–Crippen LogP) is 2.23. The molecule has 1 atom stereocenters. The van der Waals surface area contributed by atoms with Gasteiger partial charge in [-0.3, -0.25) is 9.59 Å². The predicted molar refractivity (Wildman–Crippen MR) is 110 cm³/mol. The number of hydrazine groups is 1. The lowest BCUT2D eigenvalue weighted by Gasteiger charge is -2.42. The number of nitrogens with one attached hydrogen (secondary N) is 1. The molecule has 7 nitrogen and oxygen atoms in total. The van der Waals surface area contributed by atoms with Crippen molar-refractivity contribution in [3.8, 4) is 11.5 Å². The zero-order valence-electron chi connectivity index (χ0n) is 16.7. The molecule has 1 saturated heterocycles. The minimum atomic E-state index is -0.518. The van der Waals surface area contributed by atoms with E-state index in [0.717, 1.165) is 37.4 Å². The lowest BCUT2D eigenvalue weighted by Crippen LogP contribution is -2.56. The van der Waals surface area contributed by atoms with Crippen LogP contribution in [-0.2, 0) is 4.79 Å². The van der Waals surface area contributed by atoms with Crippen molar-refractivity contribution >= 4 is 17.4 Å². The summed E-state index contributed by atoms with van der Waals surface area (Å²) < 4.78 is 10.6. The van der Waals surface area contributed by atoms with Gasteiger partial charge in [-0.1, -0.05) is 18.2 Å². The molecule has 0 radical (unpaired) electrons. The number of hydrogen-bond acceptors (Lipinski definition) is 6. The van der Waals surface area contributed by atoms with Crippen LogP contribution in [0.1, 0.15) is 28.3 Å². The highest BCUT2D eigenvalue weighted by atomic mass is 16.5. The summed E-state index contributed by atoms with van der Waals surface area (Å²) in [6, 6.07) is 12.8.